The Bertz CT molecular complexity index is 780. The van der Waals surface area contributed by atoms with Crippen LogP contribution in [0.3, 0.4) is 0 Å². The summed E-state index contributed by atoms with van der Waals surface area (Å²) in [5.74, 6) is 2.86. The van der Waals surface area contributed by atoms with Gasteiger partial charge in [-0.25, -0.2) is 4.39 Å². The molecule has 5 heteroatoms. The van der Waals surface area contributed by atoms with Gasteiger partial charge in [-0.2, -0.15) is 0 Å². The predicted molar refractivity (Wildman–Crippen MR) is 107 cm³/mol. The van der Waals surface area contributed by atoms with E-state index in [-0.39, 0.29) is 12.6 Å². The first kappa shape index (κ1) is 19.1. The molecule has 0 saturated carbocycles. The molecule has 2 atom stereocenters. The number of ether oxygens (including phenoxy) is 3. The number of piperidine rings is 1. The number of halogens is 1. The Balaban J connectivity index is 1.46. The van der Waals surface area contributed by atoms with Gasteiger partial charge >= 0.3 is 0 Å². The van der Waals surface area contributed by atoms with Gasteiger partial charge < -0.3 is 19.1 Å². The molecular weight excluding hydrogens is 357 g/mol. The quantitative estimate of drug-likeness (QED) is 0.682. The van der Waals surface area contributed by atoms with Gasteiger partial charge in [0.25, 0.3) is 0 Å². The summed E-state index contributed by atoms with van der Waals surface area (Å²) in [6, 6.07) is 12.7. The van der Waals surface area contributed by atoms with Crippen molar-refractivity contribution >= 4 is 0 Å². The number of unbranched alkanes of at least 4 members (excludes halogenated alkanes) is 1. The molecular formula is C23H28FNO3. The van der Waals surface area contributed by atoms with E-state index in [1.165, 1.54) is 18.4 Å². The zero-order chi connectivity index (χ0) is 19.3. The summed E-state index contributed by atoms with van der Waals surface area (Å²) in [6.45, 7) is 6.35. The molecule has 1 saturated heterocycles. The van der Waals surface area contributed by atoms with Crippen LogP contribution in [0.2, 0.25) is 0 Å². The van der Waals surface area contributed by atoms with Crippen LogP contribution in [0.5, 0.6) is 17.2 Å². The van der Waals surface area contributed by atoms with Gasteiger partial charge in [0.15, 0.2) is 11.5 Å². The maximum Gasteiger partial charge on any atom is 0.231 e. The normalized spacial score (nSPS) is 21.6. The van der Waals surface area contributed by atoms with E-state index in [1.54, 1.807) is 12.1 Å². The highest BCUT2D eigenvalue weighted by Gasteiger charge is 2.31. The maximum absolute atomic E-state index is 13.4. The number of hydrogen-bond donors (Lipinski definition) is 0. The molecule has 2 aromatic carbocycles. The predicted octanol–water partition coefficient (Wildman–Crippen LogP) is 4.84. The zero-order valence-corrected chi connectivity index (χ0v) is 16.4. The highest BCUT2D eigenvalue weighted by atomic mass is 19.1. The summed E-state index contributed by atoms with van der Waals surface area (Å²) in [6.07, 6.45) is 3.50. The van der Waals surface area contributed by atoms with Crippen molar-refractivity contribution in [1.29, 1.82) is 0 Å². The van der Waals surface area contributed by atoms with E-state index in [0.29, 0.717) is 18.4 Å². The lowest BCUT2D eigenvalue weighted by molar-refractivity contribution is 0.110. The first-order valence-corrected chi connectivity index (χ1v) is 10.2. The number of rotatable bonds is 7. The molecule has 0 spiro atoms. The van der Waals surface area contributed by atoms with Gasteiger partial charge in [-0.3, -0.25) is 0 Å². The average Bonchev–Trinajstić information content (AvgIpc) is 3.19. The molecule has 0 aromatic heterocycles. The first-order valence-electron chi connectivity index (χ1n) is 10.2. The average molecular weight is 385 g/mol. The Kier molecular flexibility index (Phi) is 6.01. The van der Waals surface area contributed by atoms with E-state index in [4.69, 9.17) is 14.2 Å². The van der Waals surface area contributed by atoms with Gasteiger partial charge in [-0.15, -0.1) is 0 Å². The van der Waals surface area contributed by atoms with Crippen LogP contribution in [0.25, 0.3) is 0 Å². The van der Waals surface area contributed by atoms with Crippen LogP contribution >= 0.6 is 0 Å². The van der Waals surface area contributed by atoms with Crippen molar-refractivity contribution in [3.8, 4) is 17.2 Å². The van der Waals surface area contributed by atoms with Crippen molar-refractivity contribution in [3.63, 3.8) is 0 Å². The minimum absolute atomic E-state index is 0.183. The number of likely N-dealkylation sites (tertiary alicyclic amines) is 1. The Labute approximate surface area is 166 Å². The Hall–Kier alpha value is -2.27. The maximum atomic E-state index is 13.4. The van der Waals surface area contributed by atoms with Gasteiger partial charge in [0.1, 0.15) is 11.6 Å². The van der Waals surface area contributed by atoms with Crippen molar-refractivity contribution in [2.75, 3.05) is 33.0 Å². The van der Waals surface area contributed by atoms with Gasteiger partial charge in [0, 0.05) is 18.5 Å². The van der Waals surface area contributed by atoms with Crippen molar-refractivity contribution in [2.24, 2.45) is 5.92 Å². The topological polar surface area (TPSA) is 30.9 Å². The SMILES string of the molecule is CCCCN1CC[C@H](c2ccc(F)cc2)[C@@H](COc2ccc3c(c2)OCO3)C1. The molecule has 2 aliphatic heterocycles. The first-order chi connectivity index (χ1) is 13.7. The van der Waals surface area contributed by atoms with Gasteiger partial charge in [-0.1, -0.05) is 25.5 Å². The smallest absolute Gasteiger partial charge is 0.231 e. The molecule has 2 aromatic rings. The molecule has 0 aliphatic carbocycles. The third-order valence-corrected chi connectivity index (χ3v) is 5.75. The van der Waals surface area contributed by atoms with Crippen molar-refractivity contribution < 1.29 is 18.6 Å². The Morgan fingerprint density at radius 3 is 2.75 bits per heavy atom. The molecule has 4 rings (SSSR count). The molecule has 0 N–H and O–H groups in total. The van der Waals surface area contributed by atoms with Gasteiger partial charge in [-0.05, 0) is 61.7 Å². The molecule has 0 unspecified atom stereocenters. The summed E-state index contributed by atoms with van der Waals surface area (Å²) >= 11 is 0. The van der Waals surface area contributed by atoms with Crippen molar-refractivity contribution in [1.82, 2.24) is 4.90 Å². The second-order valence-electron chi connectivity index (χ2n) is 7.69. The fourth-order valence-electron chi connectivity index (χ4n) is 4.18. The lowest BCUT2D eigenvalue weighted by Gasteiger charge is -2.38. The number of benzene rings is 2. The van der Waals surface area contributed by atoms with Gasteiger partial charge in [0.2, 0.25) is 6.79 Å². The van der Waals surface area contributed by atoms with E-state index in [2.05, 4.69) is 11.8 Å². The summed E-state index contributed by atoms with van der Waals surface area (Å²) in [7, 11) is 0. The highest BCUT2D eigenvalue weighted by molar-refractivity contribution is 5.46. The zero-order valence-electron chi connectivity index (χ0n) is 16.4. The lowest BCUT2D eigenvalue weighted by atomic mass is 9.80. The Morgan fingerprint density at radius 2 is 1.93 bits per heavy atom. The molecule has 28 heavy (non-hydrogen) atoms. The standard InChI is InChI=1S/C23H28FNO3/c1-2-3-11-25-12-10-21(17-4-6-19(24)7-5-17)18(14-25)15-26-20-8-9-22-23(13-20)28-16-27-22/h4-9,13,18,21H,2-3,10-12,14-16H2,1H3/t18-,21-/m1/s1. The molecule has 2 heterocycles. The van der Waals surface area contributed by atoms with E-state index in [1.807, 2.05) is 30.3 Å². The second-order valence-corrected chi connectivity index (χ2v) is 7.69. The lowest BCUT2D eigenvalue weighted by Crippen LogP contribution is -2.42. The van der Waals surface area contributed by atoms with Crippen molar-refractivity contribution in [3.05, 3.63) is 53.8 Å². The molecule has 0 amide bonds. The number of nitrogens with zero attached hydrogens (tertiary/aromatic N) is 1. The molecule has 0 radical (unpaired) electrons. The molecule has 1 fully saturated rings. The van der Waals surface area contributed by atoms with Gasteiger partial charge in [0.05, 0.1) is 6.61 Å². The summed E-state index contributed by atoms with van der Waals surface area (Å²) in [5, 5.41) is 0. The van der Waals surface area contributed by atoms with Crippen LogP contribution in [0, 0.1) is 11.7 Å². The monoisotopic (exact) mass is 385 g/mol. The van der Waals surface area contributed by atoms with Crippen LogP contribution in [0.4, 0.5) is 4.39 Å². The van der Waals surface area contributed by atoms with Crippen LogP contribution < -0.4 is 14.2 Å². The fourth-order valence-corrected chi connectivity index (χ4v) is 4.18. The van der Waals surface area contributed by atoms with Crippen LogP contribution in [-0.4, -0.2) is 37.9 Å². The second kappa shape index (κ2) is 8.82. The molecule has 150 valence electrons. The van der Waals surface area contributed by atoms with Crippen LogP contribution in [-0.2, 0) is 0 Å². The Morgan fingerprint density at radius 1 is 1.11 bits per heavy atom. The fraction of sp³-hybridized carbons (Fsp3) is 0.478. The summed E-state index contributed by atoms with van der Waals surface area (Å²) in [4.78, 5) is 2.54. The minimum atomic E-state index is -0.183. The largest absolute Gasteiger partial charge is 0.493 e. The minimum Gasteiger partial charge on any atom is -0.493 e. The number of fused-ring (bicyclic) bond motifs is 1. The summed E-state index contributed by atoms with van der Waals surface area (Å²) in [5.41, 5.74) is 1.20. The summed E-state index contributed by atoms with van der Waals surface area (Å²) < 4.78 is 30.4. The third-order valence-electron chi connectivity index (χ3n) is 5.75. The molecule has 4 nitrogen and oxygen atoms in total. The number of hydrogen-bond acceptors (Lipinski definition) is 4. The van der Waals surface area contributed by atoms with E-state index in [9.17, 15) is 4.39 Å². The third kappa shape index (κ3) is 4.41. The van der Waals surface area contributed by atoms with Crippen LogP contribution in [0.15, 0.2) is 42.5 Å². The molecule has 0 bridgehead atoms. The van der Waals surface area contributed by atoms with E-state index < -0.39 is 0 Å². The highest BCUT2D eigenvalue weighted by Crippen LogP contribution is 2.37. The van der Waals surface area contributed by atoms with E-state index in [0.717, 1.165) is 43.3 Å². The molecule has 2 aliphatic rings. The van der Waals surface area contributed by atoms with Crippen LogP contribution in [0.1, 0.15) is 37.7 Å². The van der Waals surface area contributed by atoms with E-state index >= 15 is 0 Å². The van der Waals surface area contributed by atoms with Crippen molar-refractivity contribution in [2.45, 2.75) is 32.1 Å².